The van der Waals surface area contributed by atoms with E-state index in [0.29, 0.717) is 6.42 Å². The van der Waals surface area contributed by atoms with Gasteiger partial charge in [0.25, 0.3) is 0 Å². The Morgan fingerprint density at radius 3 is 2.02 bits per heavy atom. The Hall–Kier alpha value is -2.69. The maximum Gasteiger partial charge on any atom is 1.00 e. The Morgan fingerprint density at radius 2 is 1.53 bits per heavy atom. The van der Waals surface area contributed by atoms with Gasteiger partial charge in [0.15, 0.2) is 5.76 Å². The number of nitriles is 1. The fraction of sp³-hybridized carbons (Fsp3) is 0.212. The fourth-order valence-corrected chi connectivity index (χ4v) is 4.25. The van der Waals surface area contributed by atoms with Gasteiger partial charge in [-0.2, -0.15) is 5.26 Å². The molecule has 12 heteroatoms. The van der Waals surface area contributed by atoms with Gasteiger partial charge in [-0.3, -0.25) is 10.1 Å². The maximum absolute atomic E-state index is 10.1. The van der Waals surface area contributed by atoms with E-state index in [4.69, 9.17) is 19.3 Å². The fourth-order valence-electron chi connectivity index (χ4n) is 3.64. The van der Waals surface area contributed by atoms with E-state index in [9.17, 15) is 10.1 Å². The topological polar surface area (TPSA) is 141 Å². The minimum absolute atomic E-state index is 0. The summed E-state index contributed by atoms with van der Waals surface area (Å²) >= 11 is 6.61. The first-order valence-corrected chi connectivity index (χ1v) is 14.9. The number of nitro groups is 1. The molecule has 1 heterocycles. The van der Waals surface area contributed by atoms with E-state index in [0.717, 1.165) is 48.2 Å². The largest absolute Gasteiger partial charge is 1.00 e. The van der Waals surface area contributed by atoms with Gasteiger partial charge in [0.1, 0.15) is 44.6 Å². The molecule has 0 fully saturated rings. The molecule has 0 radical (unpaired) electrons. The molecule has 0 bridgehead atoms. The third kappa shape index (κ3) is 13.7. The van der Waals surface area contributed by atoms with E-state index in [1.807, 2.05) is 94.4 Å². The van der Waals surface area contributed by atoms with Crippen LogP contribution in [0.2, 0.25) is 0 Å². The van der Waals surface area contributed by atoms with Crippen LogP contribution in [0.25, 0.3) is 22.2 Å². The summed E-state index contributed by atoms with van der Waals surface area (Å²) in [4.78, 5) is 9.59. The number of rotatable bonds is 7. The van der Waals surface area contributed by atoms with E-state index in [2.05, 4.69) is 49.2 Å². The predicted molar refractivity (Wildman–Crippen MR) is 176 cm³/mol. The van der Waals surface area contributed by atoms with E-state index >= 15 is 0 Å². The molecule has 3 aromatic carbocycles. The summed E-state index contributed by atoms with van der Waals surface area (Å²) in [5, 5.41) is 23.6. The number of hydrogen-bond acceptors (Lipinski definition) is 8. The van der Waals surface area contributed by atoms with E-state index in [-0.39, 0.29) is 74.8 Å². The van der Waals surface area contributed by atoms with Crippen molar-refractivity contribution in [1.82, 2.24) is 5.16 Å². The second-order valence-corrected chi connectivity index (χ2v) is 11.5. The molecule has 1 aliphatic carbocycles. The van der Waals surface area contributed by atoms with Crippen molar-refractivity contribution >= 4 is 42.8 Å². The number of ether oxygens (including phenoxy) is 2. The maximum atomic E-state index is 10.1. The molecule has 4 aromatic rings. The SMILES string of the molecule is CC(C)Oc1ccc(-c2onc3ccc(Br)cc23)cc1.CC(C)Oc1ccc(CC#N)cc1.O=[N+]([O-])C1=[C+]C=C(Br)C=C1.[K+].[OH-]. The van der Waals surface area contributed by atoms with E-state index in [1.165, 1.54) is 12.2 Å². The Labute approximate surface area is 322 Å². The van der Waals surface area contributed by atoms with Crippen LogP contribution in [0.5, 0.6) is 11.5 Å². The zero-order valence-corrected chi connectivity index (χ0v) is 31.8. The Kier molecular flexibility index (Phi) is 18.3. The van der Waals surface area contributed by atoms with Crippen molar-refractivity contribution in [2.75, 3.05) is 0 Å². The van der Waals surface area contributed by atoms with Gasteiger partial charge in [-0.15, -0.1) is 0 Å². The monoisotopic (exact) mass is 762 g/mol. The molecule has 0 aliphatic heterocycles. The smallest absolute Gasteiger partial charge is 0.870 e. The first-order chi connectivity index (χ1) is 20.5. The van der Waals surface area contributed by atoms with Crippen LogP contribution in [0.4, 0.5) is 0 Å². The van der Waals surface area contributed by atoms with Crippen LogP contribution in [-0.2, 0) is 6.42 Å². The summed E-state index contributed by atoms with van der Waals surface area (Å²) in [6.07, 6.45) is 7.83. The van der Waals surface area contributed by atoms with Crippen molar-refractivity contribution in [3.05, 3.63) is 121 Å². The number of hydrogen-bond donors (Lipinski definition) is 0. The Bertz CT molecular complexity index is 1660. The molecule has 0 unspecified atom stereocenters. The molecule has 9 nitrogen and oxygen atoms in total. The van der Waals surface area contributed by atoms with Crippen LogP contribution in [0.15, 0.2) is 104 Å². The zero-order valence-electron chi connectivity index (χ0n) is 25.5. The molecule has 228 valence electrons. The molecular formula is C33H31Br2KN3O6+. The second kappa shape index (κ2) is 20.4. The molecule has 0 atom stereocenters. The van der Waals surface area contributed by atoms with Crippen molar-refractivity contribution < 1.29 is 75.8 Å². The van der Waals surface area contributed by atoms with Gasteiger partial charge < -0.3 is 19.5 Å². The van der Waals surface area contributed by atoms with Gasteiger partial charge >= 0.3 is 57.1 Å². The van der Waals surface area contributed by atoms with Crippen LogP contribution in [0.3, 0.4) is 0 Å². The number of benzene rings is 3. The number of aromatic nitrogens is 1. The molecule has 5 rings (SSSR count). The van der Waals surface area contributed by atoms with Gasteiger partial charge in [-0.25, -0.2) is 0 Å². The van der Waals surface area contributed by atoms with E-state index in [1.54, 1.807) is 6.08 Å². The average molecular weight is 765 g/mol. The molecule has 1 aliphatic rings. The number of fused-ring (bicyclic) bond motifs is 1. The standard InChI is InChI=1S/C16H14BrNO2.C11H13NO.C6H3BrNO2.K.H2O/c1-10(2)19-13-6-3-11(4-7-13)16-14-9-12(17)5-8-15(14)18-20-16;1-9(2)13-11-5-3-10(4-6-11)7-8-12;7-5-1-3-6(4-2-5)8(9)10;;/h3-10H,1-2H3;3-6,9H,7H2,1-2H3;1-3H;;1H2/q;;2*+1;/p-1. The summed E-state index contributed by atoms with van der Waals surface area (Å²) in [6.45, 7) is 8.00. The van der Waals surface area contributed by atoms with Crippen molar-refractivity contribution in [3.8, 4) is 28.9 Å². The van der Waals surface area contributed by atoms with Crippen molar-refractivity contribution in [2.45, 2.75) is 46.3 Å². The van der Waals surface area contributed by atoms with Crippen LogP contribution < -0.4 is 60.9 Å². The van der Waals surface area contributed by atoms with Crippen molar-refractivity contribution in [3.63, 3.8) is 0 Å². The quantitative estimate of drug-likeness (QED) is 0.0937. The Morgan fingerprint density at radius 1 is 0.956 bits per heavy atom. The molecular weight excluding hydrogens is 733 g/mol. The molecule has 0 saturated heterocycles. The van der Waals surface area contributed by atoms with Gasteiger partial charge in [-0.1, -0.05) is 33.2 Å². The minimum Gasteiger partial charge on any atom is -0.870 e. The van der Waals surface area contributed by atoms with Gasteiger partial charge in [0.05, 0.1) is 36.2 Å². The summed E-state index contributed by atoms with van der Waals surface area (Å²) in [6, 6.07) is 23.5. The Balaban J connectivity index is 0.000000354. The number of nitrogens with zero attached hydrogens (tertiary/aromatic N) is 3. The van der Waals surface area contributed by atoms with Gasteiger partial charge in [0.2, 0.25) is 0 Å². The molecule has 45 heavy (non-hydrogen) atoms. The number of allylic oxidation sites excluding steroid dienone is 5. The van der Waals surface area contributed by atoms with Crippen LogP contribution in [0, 0.1) is 27.5 Å². The first kappa shape index (κ1) is 40.3. The summed E-state index contributed by atoms with van der Waals surface area (Å²) in [7, 11) is 0. The predicted octanol–water partition coefficient (Wildman–Crippen LogP) is 6.21. The molecule has 1 aromatic heterocycles. The molecule has 1 N–H and O–H groups in total. The first-order valence-electron chi connectivity index (χ1n) is 13.3. The average Bonchev–Trinajstić information content (AvgIpc) is 3.38. The van der Waals surface area contributed by atoms with Gasteiger partial charge in [0, 0.05) is 26.0 Å². The third-order valence-electron chi connectivity index (χ3n) is 5.46. The zero-order chi connectivity index (χ0) is 31.4. The minimum atomic E-state index is -0.480. The van der Waals surface area contributed by atoms with Gasteiger partial charge in [-0.05, 0) is 87.9 Å². The molecule has 0 saturated carbocycles. The van der Waals surface area contributed by atoms with E-state index < -0.39 is 4.92 Å². The third-order valence-corrected chi connectivity index (χ3v) is 6.45. The van der Waals surface area contributed by atoms with Crippen molar-refractivity contribution in [2.24, 2.45) is 0 Å². The summed E-state index contributed by atoms with van der Waals surface area (Å²) in [5.74, 6) is 2.49. The summed E-state index contributed by atoms with van der Waals surface area (Å²) < 4.78 is 18.4. The summed E-state index contributed by atoms with van der Waals surface area (Å²) in [5.41, 5.74) is 2.86. The van der Waals surface area contributed by atoms with Crippen LogP contribution in [-0.4, -0.2) is 27.8 Å². The molecule has 0 spiro atoms. The van der Waals surface area contributed by atoms with Crippen LogP contribution >= 0.6 is 31.9 Å². The molecule has 0 amide bonds. The van der Waals surface area contributed by atoms with Crippen LogP contribution in [0.1, 0.15) is 33.3 Å². The van der Waals surface area contributed by atoms with Crippen molar-refractivity contribution in [1.29, 1.82) is 5.26 Å². The normalized spacial score (nSPS) is 11.2. The second-order valence-electron chi connectivity index (χ2n) is 9.66. The number of halogens is 2.